The number of hydrogen-bond donors (Lipinski definition) is 5. The van der Waals surface area contributed by atoms with Gasteiger partial charge in [0.05, 0.1) is 28.9 Å². The van der Waals surface area contributed by atoms with Crippen molar-refractivity contribution < 1.29 is 14.6 Å². The second-order valence-electron chi connectivity index (χ2n) is 5.97. The zero-order valence-electron chi connectivity index (χ0n) is 15.7. The fraction of sp³-hybridized carbons (Fsp3) is 0.316. The summed E-state index contributed by atoms with van der Waals surface area (Å²) in [7, 11) is 5.47. The molecule has 0 bridgehead atoms. The number of hydrogen-bond acceptors (Lipinski definition) is 6. The Kier molecular flexibility index (Phi) is 6.16. The van der Waals surface area contributed by atoms with Crippen LogP contribution in [0.4, 0.5) is 28.4 Å². The number of ether oxygens (including phenoxy) is 1. The van der Waals surface area contributed by atoms with Gasteiger partial charge in [-0.3, -0.25) is 0 Å². The van der Waals surface area contributed by atoms with Gasteiger partial charge >= 0.3 is 5.97 Å². The van der Waals surface area contributed by atoms with Crippen molar-refractivity contribution in [1.82, 2.24) is 0 Å². The van der Waals surface area contributed by atoms with Crippen molar-refractivity contribution in [3.8, 4) is 5.75 Å². The molecule has 0 aromatic heterocycles. The molecule has 2 aromatic carbocycles. The molecule has 26 heavy (non-hydrogen) atoms. The molecule has 0 saturated carbocycles. The SMILES string of the molecule is CNc1cc(NC)c(Nc2cccc(OC(C)C)c2C(=O)O)c(NC)c1. The molecule has 0 aliphatic rings. The molecule has 7 nitrogen and oxygen atoms in total. The van der Waals surface area contributed by atoms with Crippen molar-refractivity contribution >= 4 is 34.4 Å². The smallest absolute Gasteiger partial charge is 0.341 e. The lowest BCUT2D eigenvalue weighted by molar-refractivity contribution is 0.0692. The van der Waals surface area contributed by atoms with Gasteiger partial charge in [0.15, 0.2) is 0 Å². The molecule has 2 rings (SSSR count). The third-order valence-corrected chi connectivity index (χ3v) is 3.83. The predicted molar refractivity (Wildman–Crippen MR) is 108 cm³/mol. The first-order chi connectivity index (χ1) is 12.4. The Morgan fingerprint density at radius 3 is 2.08 bits per heavy atom. The van der Waals surface area contributed by atoms with Crippen LogP contribution in [0.3, 0.4) is 0 Å². The van der Waals surface area contributed by atoms with Crippen molar-refractivity contribution in [3.63, 3.8) is 0 Å². The quantitative estimate of drug-likeness (QED) is 0.486. The molecule has 0 atom stereocenters. The van der Waals surface area contributed by atoms with Gasteiger partial charge in [-0.1, -0.05) is 6.07 Å². The minimum Gasteiger partial charge on any atom is -0.490 e. The molecular weight excluding hydrogens is 332 g/mol. The summed E-state index contributed by atoms with van der Waals surface area (Å²) in [4.78, 5) is 11.9. The van der Waals surface area contributed by atoms with Gasteiger partial charge in [0.1, 0.15) is 11.3 Å². The third-order valence-electron chi connectivity index (χ3n) is 3.83. The molecule has 0 amide bonds. The molecule has 0 fully saturated rings. The number of aromatic carboxylic acids is 1. The molecule has 0 heterocycles. The average molecular weight is 358 g/mol. The summed E-state index contributed by atoms with van der Waals surface area (Å²) in [6, 6.07) is 9.04. The van der Waals surface area contributed by atoms with Crippen LogP contribution in [0.1, 0.15) is 24.2 Å². The second kappa shape index (κ2) is 8.33. The van der Waals surface area contributed by atoms with Crippen LogP contribution in [-0.4, -0.2) is 38.3 Å². The van der Waals surface area contributed by atoms with E-state index in [2.05, 4.69) is 21.3 Å². The monoisotopic (exact) mass is 358 g/mol. The fourth-order valence-electron chi connectivity index (χ4n) is 2.66. The Morgan fingerprint density at radius 1 is 1.00 bits per heavy atom. The summed E-state index contributed by atoms with van der Waals surface area (Å²) < 4.78 is 5.67. The van der Waals surface area contributed by atoms with Crippen molar-refractivity contribution in [3.05, 3.63) is 35.9 Å². The van der Waals surface area contributed by atoms with Gasteiger partial charge < -0.3 is 31.1 Å². The maximum Gasteiger partial charge on any atom is 0.341 e. The van der Waals surface area contributed by atoms with Crippen LogP contribution in [0.2, 0.25) is 0 Å². The van der Waals surface area contributed by atoms with Gasteiger partial charge in [0.2, 0.25) is 0 Å². The first-order valence-corrected chi connectivity index (χ1v) is 8.42. The first-order valence-electron chi connectivity index (χ1n) is 8.42. The van der Waals surface area contributed by atoms with Crippen molar-refractivity contribution in [2.75, 3.05) is 42.4 Å². The summed E-state index contributed by atoms with van der Waals surface area (Å²) in [6.07, 6.45) is -0.126. The van der Waals surface area contributed by atoms with Crippen LogP contribution in [-0.2, 0) is 0 Å². The van der Waals surface area contributed by atoms with E-state index in [9.17, 15) is 9.90 Å². The van der Waals surface area contributed by atoms with Gasteiger partial charge in [-0.15, -0.1) is 0 Å². The number of carboxylic acids is 1. The molecule has 2 aromatic rings. The van der Waals surface area contributed by atoms with E-state index in [1.165, 1.54) is 0 Å². The lowest BCUT2D eigenvalue weighted by Crippen LogP contribution is -2.12. The van der Waals surface area contributed by atoms with Crippen molar-refractivity contribution in [1.29, 1.82) is 0 Å². The maximum absolute atomic E-state index is 11.9. The molecule has 7 heteroatoms. The van der Waals surface area contributed by atoms with Gasteiger partial charge in [0, 0.05) is 26.8 Å². The Labute approximate surface area is 153 Å². The van der Waals surface area contributed by atoms with Gasteiger partial charge in [-0.25, -0.2) is 4.79 Å². The van der Waals surface area contributed by atoms with E-state index in [0.717, 1.165) is 22.7 Å². The van der Waals surface area contributed by atoms with Crippen LogP contribution in [0.5, 0.6) is 5.75 Å². The third kappa shape index (κ3) is 4.11. The van der Waals surface area contributed by atoms with Gasteiger partial charge in [-0.05, 0) is 38.1 Å². The summed E-state index contributed by atoms with van der Waals surface area (Å²) in [5.74, 6) is -0.714. The van der Waals surface area contributed by atoms with E-state index >= 15 is 0 Å². The Bertz CT molecular complexity index is 765. The van der Waals surface area contributed by atoms with E-state index in [1.54, 1.807) is 18.2 Å². The van der Waals surface area contributed by atoms with Crippen molar-refractivity contribution in [2.45, 2.75) is 20.0 Å². The summed E-state index contributed by atoms with van der Waals surface area (Å²) in [6.45, 7) is 3.72. The van der Waals surface area contributed by atoms with Crippen LogP contribution in [0, 0.1) is 0 Å². The predicted octanol–water partition coefficient (Wildman–Crippen LogP) is 4.04. The number of anilines is 5. The van der Waals surface area contributed by atoms with Crippen LogP contribution in [0.15, 0.2) is 30.3 Å². The van der Waals surface area contributed by atoms with Crippen LogP contribution in [0.25, 0.3) is 0 Å². The van der Waals surface area contributed by atoms with Gasteiger partial charge in [-0.2, -0.15) is 0 Å². The molecule has 0 spiro atoms. The number of carbonyl (C=O) groups is 1. The van der Waals surface area contributed by atoms with Crippen LogP contribution >= 0.6 is 0 Å². The van der Waals surface area contributed by atoms with E-state index in [0.29, 0.717) is 11.4 Å². The minimum absolute atomic E-state index is 0.1000. The topological polar surface area (TPSA) is 94.6 Å². The molecule has 0 unspecified atom stereocenters. The molecule has 0 aliphatic carbocycles. The molecule has 5 N–H and O–H groups in total. The lowest BCUT2D eigenvalue weighted by Gasteiger charge is -2.20. The van der Waals surface area contributed by atoms with Crippen LogP contribution < -0.4 is 26.0 Å². The van der Waals surface area contributed by atoms with Gasteiger partial charge in [0.25, 0.3) is 0 Å². The highest BCUT2D eigenvalue weighted by Crippen LogP contribution is 2.38. The highest BCUT2D eigenvalue weighted by molar-refractivity contribution is 6.00. The maximum atomic E-state index is 11.9. The number of carboxylic acid groups (broad SMARTS) is 1. The molecular formula is C19H26N4O3. The zero-order chi connectivity index (χ0) is 19.3. The Morgan fingerprint density at radius 2 is 1.62 bits per heavy atom. The highest BCUT2D eigenvalue weighted by Gasteiger charge is 2.20. The lowest BCUT2D eigenvalue weighted by atomic mass is 10.1. The first kappa shape index (κ1) is 19.2. The number of nitrogens with one attached hydrogen (secondary N) is 4. The fourth-order valence-corrected chi connectivity index (χ4v) is 2.66. The Hall–Kier alpha value is -3.09. The largest absolute Gasteiger partial charge is 0.490 e. The molecule has 0 radical (unpaired) electrons. The molecule has 0 aliphatic heterocycles. The summed E-state index contributed by atoms with van der Waals surface area (Å²) in [5.41, 5.74) is 3.89. The average Bonchev–Trinajstić information content (AvgIpc) is 2.61. The standard InChI is InChI=1S/C19H26N4O3/c1-11(2)26-16-8-6-7-13(17(16)19(24)25)23-18-14(21-4)9-12(20-3)10-15(18)22-5/h6-11,20-23H,1-5H3,(H,24,25). The van der Waals surface area contributed by atoms with E-state index < -0.39 is 5.97 Å². The van der Waals surface area contributed by atoms with E-state index in [1.807, 2.05) is 47.1 Å². The number of rotatable bonds is 8. The van der Waals surface area contributed by atoms with E-state index in [4.69, 9.17) is 4.74 Å². The highest BCUT2D eigenvalue weighted by atomic mass is 16.5. The molecule has 140 valence electrons. The minimum atomic E-state index is -1.05. The molecule has 0 saturated heterocycles. The zero-order valence-corrected chi connectivity index (χ0v) is 15.7. The number of benzene rings is 2. The summed E-state index contributed by atoms with van der Waals surface area (Å²) in [5, 5.41) is 22.3. The van der Waals surface area contributed by atoms with E-state index in [-0.39, 0.29) is 11.7 Å². The summed E-state index contributed by atoms with van der Waals surface area (Å²) >= 11 is 0. The second-order valence-corrected chi connectivity index (χ2v) is 5.97. The van der Waals surface area contributed by atoms with Crippen molar-refractivity contribution in [2.24, 2.45) is 0 Å². The Balaban J connectivity index is 2.56. The normalized spacial score (nSPS) is 10.4.